The molecule has 1 saturated heterocycles. The summed E-state index contributed by atoms with van der Waals surface area (Å²) in [5, 5.41) is 15.9. The minimum Gasteiger partial charge on any atom is -0.475 e. The summed E-state index contributed by atoms with van der Waals surface area (Å²) >= 11 is 0. The number of carbonyl (C=O) groups excluding carboxylic acids is 2. The molecule has 43 heavy (non-hydrogen) atoms. The van der Waals surface area contributed by atoms with Crippen LogP contribution >= 0.6 is 0 Å². The first-order valence-electron chi connectivity index (χ1n) is 13.4. The van der Waals surface area contributed by atoms with Crippen molar-refractivity contribution in [3.8, 4) is 5.75 Å². The Kier molecular flexibility index (Phi) is 9.84. The van der Waals surface area contributed by atoms with E-state index in [1.54, 1.807) is 29.8 Å². The molecule has 12 heteroatoms. The Hall–Kier alpha value is -4.68. The summed E-state index contributed by atoms with van der Waals surface area (Å²) in [6, 6.07) is 25.7. The molecule has 2 amide bonds. The largest absolute Gasteiger partial charge is 0.490 e. The molecule has 0 atom stereocenters. The fraction of sp³-hybridized carbons (Fsp3) is 0.258. The van der Waals surface area contributed by atoms with Gasteiger partial charge in [-0.15, -0.1) is 0 Å². The standard InChI is InChI=1S/C29H29N3O4.C2HF3O2/c33-27(30-35)14-12-22-11-13-26-25(19-22)28(34)32(21-24-9-5-2-6-10-24)29(36-26)15-17-31(18-16-29)20-23-7-3-1-4-8-23;3-2(4,5)1(6)7/h1-14,19,35H,15-18,20-21H2,(H,30,33);(H,6,7)/b14-12+;. The topological polar surface area (TPSA) is 119 Å². The molecule has 0 bridgehead atoms. The molecular weight excluding hydrogens is 567 g/mol. The van der Waals surface area contributed by atoms with E-state index in [2.05, 4.69) is 29.2 Å². The van der Waals surface area contributed by atoms with Gasteiger partial charge in [0, 0.05) is 45.1 Å². The lowest BCUT2D eigenvalue weighted by atomic mass is 9.93. The number of aliphatic carboxylic acids is 1. The van der Waals surface area contributed by atoms with E-state index in [1.165, 1.54) is 11.6 Å². The third-order valence-electron chi connectivity index (χ3n) is 7.12. The number of halogens is 3. The fourth-order valence-corrected chi connectivity index (χ4v) is 4.96. The van der Waals surface area contributed by atoms with Gasteiger partial charge in [-0.25, -0.2) is 10.3 Å². The van der Waals surface area contributed by atoms with Gasteiger partial charge in [0.2, 0.25) is 0 Å². The number of benzene rings is 3. The van der Waals surface area contributed by atoms with Crippen LogP contribution < -0.4 is 10.2 Å². The van der Waals surface area contributed by atoms with Gasteiger partial charge in [-0.3, -0.25) is 24.6 Å². The van der Waals surface area contributed by atoms with Gasteiger partial charge in [-0.1, -0.05) is 66.7 Å². The molecule has 3 aromatic carbocycles. The highest BCUT2D eigenvalue weighted by Crippen LogP contribution is 2.41. The summed E-state index contributed by atoms with van der Waals surface area (Å²) in [7, 11) is 0. The van der Waals surface area contributed by atoms with Crippen LogP contribution in [0.3, 0.4) is 0 Å². The van der Waals surface area contributed by atoms with E-state index in [0.717, 1.165) is 25.2 Å². The van der Waals surface area contributed by atoms with E-state index in [-0.39, 0.29) is 5.91 Å². The maximum absolute atomic E-state index is 13.9. The fourth-order valence-electron chi connectivity index (χ4n) is 4.96. The van der Waals surface area contributed by atoms with Crippen LogP contribution in [0.4, 0.5) is 13.2 Å². The zero-order valence-corrected chi connectivity index (χ0v) is 23.0. The van der Waals surface area contributed by atoms with Crippen LogP contribution in [0.2, 0.25) is 0 Å². The van der Waals surface area contributed by atoms with Crippen LogP contribution in [0.15, 0.2) is 84.9 Å². The minimum absolute atomic E-state index is 0.0847. The Morgan fingerprint density at radius 2 is 1.49 bits per heavy atom. The molecule has 0 unspecified atom stereocenters. The number of nitrogens with one attached hydrogen (secondary N) is 1. The lowest BCUT2D eigenvalue weighted by Crippen LogP contribution is -2.62. The third-order valence-corrected chi connectivity index (χ3v) is 7.12. The van der Waals surface area contributed by atoms with E-state index >= 15 is 0 Å². The van der Waals surface area contributed by atoms with Crippen molar-refractivity contribution in [2.45, 2.75) is 37.8 Å². The van der Waals surface area contributed by atoms with Crippen LogP contribution in [0.1, 0.15) is 39.9 Å². The van der Waals surface area contributed by atoms with E-state index in [9.17, 15) is 22.8 Å². The van der Waals surface area contributed by atoms with Gasteiger partial charge in [0.15, 0.2) is 5.72 Å². The third kappa shape index (κ3) is 7.99. The molecule has 2 heterocycles. The quantitative estimate of drug-likeness (QED) is 0.211. The van der Waals surface area contributed by atoms with Gasteiger partial charge < -0.3 is 9.84 Å². The molecule has 9 nitrogen and oxygen atoms in total. The Morgan fingerprint density at radius 3 is 2.02 bits per heavy atom. The van der Waals surface area contributed by atoms with Crippen molar-refractivity contribution < 1.29 is 42.6 Å². The van der Waals surface area contributed by atoms with Crippen molar-refractivity contribution >= 4 is 23.9 Å². The summed E-state index contributed by atoms with van der Waals surface area (Å²) in [4.78, 5) is 38.5. The minimum atomic E-state index is -5.08. The SMILES string of the molecule is O=C(/C=C/c1ccc2c(c1)C(=O)N(Cc1ccccc1)C1(CCN(Cc3ccccc3)CC1)O2)NO.O=C(O)C(F)(F)F. The Bertz CT molecular complexity index is 1460. The van der Waals surface area contributed by atoms with E-state index in [1.807, 2.05) is 41.3 Å². The Labute approximate surface area is 245 Å². The van der Waals surface area contributed by atoms with Gasteiger partial charge in [0.25, 0.3) is 11.8 Å². The van der Waals surface area contributed by atoms with Crippen LogP contribution in [-0.2, 0) is 22.7 Å². The molecule has 226 valence electrons. The van der Waals surface area contributed by atoms with Crippen molar-refractivity contribution in [1.29, 1.82) is 0 Å². The second kappa shape index (κ2) is 13.5. The molecule has 0 saturated carbocycles. The van der Waals surface area contributed by atoms with E-state index < -0.39 is 23.8 Å². The normalized spacial score (nSPS) is 16.2. The maximum atomic E-state index is 13.9. The maximum Gasteiger partial charge on any atom is 0.490 e. The van der Waals surface area contributed by atoms with Crippen molar-refractivity contribution in [1.82, 2.24) is 15.3 Å². The van der Waals surface area contributed by atoms with Crippen LogP contribution in [-0.4, -0.2) is 62.9 Å². The number of alkyl halides is 3. The number of carboxylic acid groups (broad SMARTS) is 1. The lowest BCUT2D eigenvalue weighted by molar-refractivity contribution is -0.192. The average molecular weight is 598 g/mol. The summed E-state index contributed by atoms with van der Waals surface area (Å²) in [5.41, 5.74) is 4.30. The van der Waals surface area contributed by atoms with Gasteiger partial charge in [0.1, 0.15) is 5.75 Å². The number of fused-ring (bicyclic) bond motifs is 1. The van der Waals surface area contributed by atoms with Crippen LogP contribution in [0.5, 0.6) is 5.75 Å². The predicted octanol–water partition coefficient (Wildman–Crippen LogP) is 4.87. The zero-order chi connectivity index (χ0) is 31.0. The lowest BCUT2D eigenvalue weighted by Gasteiger charge is -2.51. The number of hydrogen-bond donors (Lipinski definition) is 3. The number of hydroxylamine groups is 1. The highest BCUT2D eigenvalue weighted by molar-refractivity contribution is 5.99. The molecule has 0 aliphatic carbocycles. The van der Waals surface area contributed by atoms with Crippen molar-refractivity contribution in [3.05, 3.63) is 107 Å². The number of rotatable bonds is 6. The molecule has 5 rings (SSSR count). The first-order valence-corrected chi connectivity index (χ1v) is 13.4. The van der Waals surface area contributed by atoms with Crippen LogP contribution in [0.25, 0.3) is 6.08 Å². The van der Waals surface area contributed by atoms with Gasteiger partial charge >= 0.3 is 12.1 Å². The number of ether oxygens (including phenoxy) is 1. The average Bonchev–Trinajstić information content (AvgIpc) is 3.00. The summed E-state index contributed by atoms with van der Waals surface area (Å²) in [6.45, 7) is 2.96. The molecule has 2 aliphatic heterocycles. The van der Waals surface area contributed by atoms with Gasteiger partial charge in [-0.05, 0) is 34.9 Å². The summed E-state index contributed by atoms with van der Waals surface area (Å²) < 4.78 is 38.4. The highest BCUT2D eigenvalue weighted by Gasteiger charge is 2.48. The second-order valence-corrected chi connectivity index (χ2v) is 10.1. The Balaban J connectivity index is 0.000000541. The van der Waals surface area contributed by atoms with Crippen molar-refractivity contribution in [3.63, 3.8) is 0 Å². The monoisotopic (exact) mass is 597 g/mol. The zero-order valence-electron chi connectivity index (χ0n) is 23.0. The van der Waals surface area contributed by atoms with Crippen molar-refractivity contribution in [2.24, 2.45) is 0 Å². The summed E-state index contributed by atoms with van der Waals surface area (Å²) in [6.07, 6.45) is -0.916. The number of carbonyl (C=O) groups is 3. The predicted molar refractivity (Wildman–Crippen MR) is 150 cm³/mol. The number of hydrogen-bond acceptors (Lipinski definition) is 6. The number of carboxylic acids is 1. The second-order valence-electron chi connectivity index (χ2n) is 10.1. The van der Waals surface area contributed by atoms with Gasteiger partial charge in [-0.2, -0.15) is 13.2 Å². The highest BCUT2D eigenvalue weighted by atomic mass is 19.4. The van der Waals surface area contributed by atoms with Crippen molar-refractivity contribution in [2.75, 3.05) is 13.1 Å². The van der Waals surface area contributed by atoms with E-state index in [4.69, 9.17) is 19.8 Å². The number of piperidine rings is 1. The summed E-state index contributed by atoms with van der Waals surface area (Å²) in [5.74, 6) is -2.92. The molecule has 1 spiro atoms. The number of nitrogens with zero attached hydrogens (tertiary/aromatic N) is 2. The molecular formula is C31H30F3N3O6. The molecule has 0 aromatic heterocycles. The van der Waals surface area contributed by atoms with E-state index in [0.29, 0.717) is 36.3 Å². The van der Waals surface area contributed by atoms with Crippen LogP contribution in [0, 0.1) is 0 Å². The smallest absolute Gasteiger partial charge is 0.475 e. The number of likely N-dealkylation sites (tertiary alicyclic amines) is 1. The molecule has 1 fully saturated rings. The molecule has 2 aliphatic rings. The van der Waals surface area contributed by atoms with Gasteiger partial charge in [0.05, 0.1) is 5.56 Å². The molecule has 3 aromatic rings. The first-order chi connectivity index (χ1) is 20.5. The first kappa shape index (κ1) is 31.3. The number of amides is 2. The Morgan fingerprint density at radius 1 is 0.930 bits per heavy atom. The molecule has 0 radical (unpaired) electrons. The molecule has 3 N–H and O–H groups in total.